The normalized spacial score (nSPS) is 32.4. The predicted octanol–water partition coefficient (Wildman–Crippen LogP) is 12.9. The lowest BCUT2D eigenvalue weighted by Gasteiger charge is -2.49. The molecule has 8 aliphatic rings. The molecule has 9 atom stereocenters. The first-order valence-electron chi connectivity index (χ1n) is 20.3. The average Bonchev–Trinajstić information content (AvgIpc) is 3.25. The highest BCUT2D eigenvalue weighted by Gasteiger charge is 2.46. The minimum Gasteiger partial charge on any atom is -0.0842 e. The molecule has 0 heteroatoms. The predicted molar refractivity (Wildman–Crippen MR) is 225 cm³/mol. The standard InChI is InChI=1S/C54H46/c1-3-10-35(11-4-1)44-30-33-49-50(34-44)53(39-12-5-2-6-13-39)47-17-8-7-16-46(47)52(49)42-24-20-37(21-25-42)36-18-22-38(23-19-36)45-31-28-43-27-26-40-14-9-15-41-29-32-48(45)54(43)51(40)41/h1-14,16-20,22,24-34,37-38,41,45,48,50-51,53-54H,15,21,23H2. The van der Waals surface area contributed by atoms with Gasteiger partial charge in [0.25, 0.3) is 0 Å². The number of fused-ring (bicyclic) bond motifs is 2. The molecule has 0 saturated carbocycles. The van der Waals surface area contributed by atoms with Crippen LogP contribution in [0.5, 0.6) is 0 Å². The van der Waals surface area contributed by atoms with Crippen molar-refractivity contribution >= 4 is 11.1 Å². The molecule has 54 heavy (non-hydrogen) atoms. The summed E-state index contributed by atoms with van der Waals surface area (Å²) in [7, 11) is 0. The van der Waals surface area contributed by atoms with Crippen molar-refractivity contribution in [3.8, 4) is 0 Å². The van der Waals surface area contributed by atoms with E-state index in [0.29, 0.717) is 41.4 Å². The lowest BCUT2D eigenvalue weighted by Crippen LogP contribution is -2.41. The van der Waals surface area contributed by atoms with Gasteiger partial charge in [-0.05, 0) is 116 Å². The Bertz CT molecular complexity index is 2390. The van der Waals surface area contributed by atoms with Gasteiger partial charge in [0.15, 0.2) is 0 Å². The van der Waals surface area contributed by atoms with Gasteiger partial charge in [0, 0.05) is 17.8 Å². The van der Waals surface area contributed by atoms with Crippen molar-refractivity contribution in [3.63, 3.8) is 0 Å². The highest BCUT2D eigenvalue weighted by Crippen LogP contribution is 2.55. The van der Waals surface area contributed by atoms with Crippen molar-refractivity contribution in [3.05, 3.63) is 238 Å². The van der Waals surface area contributed by atoms with Gasteiger partial charge in [0.05, 0.1) is 0 Å². The third kappa shape index (κ3) is 5.25. The summed E-state index contributed by atoms with van der Waals surface area (Å²) in [5.41, 5.74) is 15.5. The van der Waals surface area contributed by atoms with Crippen molar-refractivity contribution in [2.45, 2.75) is 25.2 Å². The van der Waals surface area contributed by atoms with Crippen LogP contribution in [0.25, 0.3) is 11.1 Å². The second-order valence-corrected chi connectivity index (χ2v) is 16.6. The molecule has 0 N–H and O–H groups in total. The van der Waals surface area contributed by atoms with Crippen LogP contribution in [0.15, 0.2) is 216 Å². The highest BCUT2D eigenvalue weighted by molar-refractivity contribution is 5.92. The molecule has 0 bridgehead atoms. The molecule has 262 valence electrons. The quantitative estimate of drug-likeness (QED) is 0.233. The van der Waals surface area contributed by atoms with Crippen LogP contribution in [0.1, 0.15) is 47.4 Å². The van der Waals surface area contributed by atoms with E-state index in [4.69, 9.17) is 0 Å². The zero-order valence-electron chi connectivity index (χ0n) is 30.7. The topological polar surface area (TPSA) is 0 Å². The number of hydrogen-bond donors (Lipinski definition) is 0. The Kier molecular flexibility index (Phi) is 7.79. The van der Waals surface area contributed by atoms with Crippen molar-refractivity contribution in [1.82, 2.24) is 0 Å². The summed E-state index contributed by atoms with van der Waals surface area (Å²) in [4.78, 5) is 0. The Labute approximate surface area is 320 Å². The first kappa shape index (κ1) is 32.0. The van der Waals surface area contributed by atoms with Gasteiger partial charge in [-0.25, -0.2) is 0 Å². The minimum absolute atomic E-state index is 0.251. The van der Waals surface area contributed by atoms with Gasteiger partial charge in [0.2, 0.25) is 0 Å². The van der Waals surface area contributed by atoms with Gasteiger partial charge in [-0.15, -0.1) is 0 Å². The third-order valence-corrected chi connectivity index (χ3v) is 13.9. The van der Waals surface area contributed by atoms with E-state index in [0.717, 1.165) is 12.8 Å². The zero-order chi connectivity index (χ0) is 35.6. The fraction of sp³-hybridized carbons (Fsp3) is 0.222. The summed E-state index contributed by atoms with van der Waals surface area (Å²) >= 11 is 0. The van der Waals surface area contributed by atoms with Crippen molar-refractivity contribution in [1.29, 1.82) is 0 Å². The molecule has 0 fully saturated rings. The molecular weight excluding hydrogens is 649 g/mol. The molecule has 0 spiro atoms. The maximum Gasteiger partial charge on any atom is 0.0199 e. The first-order valence-corrected chi connectivity index (χ1v) is 20.3. The highest BCUT2D eigenvalue weighted by atomic mass is 14.5. The van der Waals surface area contributed by atoms with Gasteiger partial charge in [-0.1, -0.05) is 188 Å². The van der Waals surface area contributed by atoms with E-state index in [2.05, 4.69) is 188 Å². The Morgan fingerprint density at radius 3 is 2.11 bits per heavy atom. The molecule has 0 aromatic heterocycles. The van der Waals surface area contributed by atoms with E-state index in [1.807, 2.05) is 0 Å². The van der Waals surface area contributed by atoms with Crippen molar-refractivity contribution in [2.24, 2.45) is 47.3 Å². The number of hydrogen-bond acceptors (Lipinski definition) is 0. The Morgan fingerprint density at radius 1 is 0.500 bits per heavy atom. The monoisotopic (exact) mass is 694 g/mol. The van der Waals surface area contributed by atoms with Gasteiger partial charge in [-0.2, -0.15) is 0 Å². The summed E-state index contributed by atoms with van der Waals surface area (Å²) in [6.07, 6.45) is 45.5. The van der Waals surface area contributed by atoms with Crippen LogP contribution in [0, 0.1) is 47.3 Å². The molecule has 3 aromatic carbocycles. The van der Waals surface area contributed by atoms with E-state index in [1.54, 1.807) is 11.1 Å². The van der Waals surface area contributed by atoms with Crippen molar-refractivity contribution < 1.29 is 0 Å². The number of rotatable bonds is 5. The number of benzene rings is 3. The van der Waals surface area contributed by atoms with Crippen LogP contribution in [-0.4, -0.2) is 0 Å². The van der Waals surface area contributed by atoms with E-state index in [1.165, 1.54) is 56.5 Å². The Hall–Kier alpha value is -5.46. The molecule has 9 unspecified atom stereocenters. The summed E-state index contributed by atoms with van der Waals surface area (Å²) in [6, 6.07) is 31.2. The molecule has 0 nitrogen and oxygen atoms in total. The fourth-order valence-corrected chi connectivity index (χ4v) is 11.3. The van der Waals surface area contributed by atoms with Gasteiger partial charge in [-0.3, -0.25) is 0 Å². The average molecular weight is 695 g/mol. The molecule has 11 rings (SSSR count). The second-order valence-electron chi connectivity index (χ2n) is 16.6. The summed E-state index contributed by atoms with van der Waals surface area (Å²) in [6.45, 7) is 0. The third-order valence-electron chi connectivity index (χ3n) is 13.9. The summed E-state index contributed by atoms with van der Waals surface area (Å²) in [5.74, 6) is 4.58. The maximum absolute atomic E-state index is 2.60. The van der Waals surface area contributed by atoms with Crippen LogP contribution < -0.4 is 0 Å². The van der Waals surface area contributed by atoms with Crippen LogP contribution in [-0.2, 0) is 0 Å². The SMILES string of the molecule is C1=CC2=CC=C3C=CC(C4C=CC(C5C=CC(C6=C7C=CC(c8ccccc8)=CC7C(c7ccccc7)c7ccccc76)=CC5)=CC4)C4C=CC(C1)C2C34. The summed E-state index contributed by atoms with van der Waals surface area (Å²) in [5, 5.41) is 0. The molecule has 3 aromatic rings. The van der Waals surface area contributed by atoms with Crippen LogP contribution >= 0.6 is 0 Å². The molecule has 0 saturated heterocycles. The largest absolute Gasteiger partial charge is 0.0842 e. The molecular formula is C54H46. The minimum atomic E-state index is 0.251. The molecule has 0 amide bonds. The Morgan fingerprint density at radius 2 is 1.30 bits per heavy atom. The molecule has 8 aliphatic carbocycles. The number of allylic oxidation sites excluding steroid dienone is 24. The second kappa shape index (κ2) is 13.1. The smallest absolute Gasteiger partial charge is 0.0199 e. The van der Waals surface area contributed by atoms with Crippen molar-refractivity contribution in [2.75, 3.05) is 0 Å². The zero-order valence-corrected chi connectivity index (χ0v) is 30.7. The molecule has 0 aliphatic heterocycles. The van der Waals surface area contributed by atoms with E-state index >= 15 is 0 Å². The van der Waals surface area contributed by atoms with Gasteiger partial charge in [0.1, 0.15) is 0 Å². The summed E-state index contributed by atoms with van der Waals surface area (Å²) < 4.78 is 0. The van der Waals surface area contributed by atoms with Gasteiger partial charge >= 0.3 is 0 Å². The van der Waals surface area contributed by atoms with Crippen LogP contribution in [0.4, 0.5) is 0 Å². The van der Waals surface area contributed by atoms with Crippen LogP contribution in [0.3, 0.4) is 0 Å². The maximum atomic E-state index is 2.60. The van der Waals surface area contributed by atoms with Crippen LogP contribution in [0.2, 0.25) is 0 Å². The fourth-order valence-electron chi connectivity index (χ4n) is 11.3. The first-order chi connectivity index (χ1) is 26.8. The lowest BCUT2D eigenvalue weighted by molar-refractivity contribution is 0.193. The molecule has 0 heterocycles. The van der Waals surface area contributed by atoms with E-state index in [-0.39, 0.29) is 11.8 Å². The van der Waals surface area contributed by atoms with E-state index in [9.17, 15) is 0 Å². The van der Waals surface area contributed by atoms with Gasteiger partial charge < -0.3 is 0 Å². The Balaban J connectivity index is 0.871. The van der Waals surface area contributed by atoms with E-state index < -0.39 is 0 Å². The molecule has 0 radical (unpaired) electrons. The lowest BCUT2D eigenvalue weighted by atomic mass is 9.55.